The van der Waals surface area contributed by atoms with Gasteiger partial charge in [0.15, 0.2) is 0 Å². The molecule has 2 heterocycles. The first-order valence-corrected chi connectivity index (χ1v) is 11.2. The Morgan fingerprint density at radius 2 is 1.57 bits per heavy atom. The molecular weight excluding hydrogens is 410 g/mol. The summed E-state index contributed by atoms with van der Waals surface area (Å²) in [6.07, 6.45) is 0. The third-order valence-electron chi connectivity index (χ3n) is 5.70. The molecule has 1 aromatic heterocycles. The van der Waals surface area contributed by atoms with Crippen molar-refractivity contribution in [3.63, 3.8) is 0 Å². The van der Waals surface area contributed by atoms with Crippen molar-refractivity contribution in [1.82, 2.24) is 23.2 Å². The minimum atomic E-state index is -3.96. The number of hydrogen-bond donors (Lipinski definition) is 0. The van der Waals surface area contributed by atoms with Gasteiger partial charge in [-0.3, -0.25) is 14.4 Å². The molecule has 11 heteroatoms. The molecular formula is C19H27N5O5S. The molecule has 0 atom stereocenters. The van der Waals surface area contributed by atoms with Crippen LogP contribution in [0.4, 0.5) is 0 Å². The number of rotatable bonds is 5. The molecule has 1 saturated heterocycles. The standard InChI is InChI=1S/C19H27N5O5S/c1-5-23-8-10-24(11-9-23)17(25)13-20(2)30(28,29)14-6-7-15-16(12-14)22(4)19(27)18(26)21(15)3/h6-7,12H,5,8-11,13H2,1-4H3. The lowest BCUT2D eigenvalue weighted by Gasteiger charge is -2.34. The molecule has 1 aliphatic rings. The SMILES string of the molecule is CCN1CCN(C(=O)CN(C)S(=O)(=O)c2ccc3c(c2)n(C)c(=O)c(=O)n3C)CC1. The number of sulfonamides is 1. The van der Waals surface area contributed by atoms with Gasteiger partial charge >= 0.3 is 11.1 Å². The van der Waals surface area contributed by atoms with Crippen LogP contribution in [0, 0.1) is 0 Å². The van der Waals surface area contributed by atoms with Crippen LogP contribution in [-0.4, -0.2) is 83.9 Å². The predicted molar refractivity (Wildman–Crippen MR) is 113 cm³/mol. The van der Waals surface area contributed by atoms with E-state index < -0.39 is 21.1 Å². The number of benzene rings is 1. The summed E-state index contributed by atoms with van der Waals surface area (Å²) < 4.78 is 29.4. The Hall–Kier alpha value is -2.50. The molecule has 0 saturated carbocycles. The average molecular weight is 438 g/mol. The molecule has 3 rings (SSSR count). The lowest BCUT2D eigenvalue weighted by atomic mass is 10.3. The van der Waals surface area contributed by atoms with E-state index in [0.717, 1.165) is 28.5 Å². The zero-order valence-corrected chi connectivity index (χ0v) is 18.5. The summed E-state index contributed by atoms with van der Waals surface area (Å²) in [5, 5.41) is 0. The second-order valence-corrected chi connectivity index (χ2v) is 9.50. The molecule has 1 aliphatic heterocycles. The van der Waals surface area contributed by atoms with Gasteiger partial charge in [0.05, 0.1) is 22.5 Å². The number of piperazine rings is 1. The molecule has 164 valence electrons. The maximum atomic E-state index is 13.0. The molecule has 0 unspecified atom stereocenters. The van der Waals surface area contributed by atoms with Crippen molar-refractivity contribution >= 4 is 27.0 Å². The van der Waals surface area contributed by atoms with E-state index in [1.54, 1.807) is 4.90 Å². The fourth-order valence-electron chi connectivity index (χ4n) is 3.59. The van der Waals surface area contributed by atoms with Crippen molar-refractivity contribution in [2.24, 2.45) is 14.1 Å². The van der Waals surface area contributed by atoms with Gasteiger partial charge in [-0.2, -0.15) is 4.31 Å². The highest BCUT2D eigenvalue weighted by atomic mass is 32.2. The maximum Gasteiger partial charge on any atom is 0.316 e. The highest BCUT2D eigenvalue weighted by Gasteiger charge is 2.27. The summed E-state index contributed by atoms with van der Waals surface area (Å²) in [6, 6.07) is 4.22. The number of nitrogens with zero attached hydrogens (tertiary/aromatic N) is 5. The van der Waals surface area contributed by atoms with Crippen LogP contribution in [0.2, 0.25) is 0 Å². The van der Waals surface area contributed by atoms with Gasteiger partial charge in [0.1, 0.15) is 0 Å². The van der Waals surface area contributed by atoms with Gasteiger partial charge in [0, 0.05) is 47.3 Å². The van der Waals surface area contributed by atoms with E-state index in [-0.39, 0.29) is 17.3 Å². The molecule has 0 bridgehead atoms. The van der Waals surface area contributed by atoms with Gasteiger partial charge in [0.25, 0.3) is 0 Å². The number of aromatic nitrogens is 2. The Bertz CT molecular complexity index is 1190. The van der Waals surface area contributed by atoms with Crippen LogP contribution < -0.4 is 11.1 Å². The third kappa shape index (κ3) is 3.92. The van der Waals surface area contributed by atoms with Gasteiger partial charge in [-0.1, -0.05) is 6.92 Å². The summed E-state index contributed by atoms with van der Waals surface area (Å²) >= 11 is 0. The largest absolute Gasteiger partial charge is 0.339 e. The van der Waals surface area contributed by atoms with Crippen LogP contribution >= 0.6 is 0 Å². The molecule has 0 spiro atoms. The number of fused-ring (bicyclic) bond motifs is 1. The van der Waals surface area contributed by atoms with Gasteiger partial charge in [-0.25, -0.2) is 8.42 Å². The Kier molecular flexibility index (Phi) is 6.16. The third-order valence-corrected chi connectivity index (χ3v) is 7.50. The smallest absolute Gasteiger partial charge is 0.316 e. The normalized spacial score (nSPS) is 15.8. The van der Waals surface area contributed by atoms with Crippen LogP contribution in [0.15, 0.2) is 32.7 Å². The van der Waals surface area contributed by atoms with E-state index in [0.29, 0.717) is 24.1 Å². The van der Waals surface area contributed by atoms with Crippen LogP contribution in [0.25, 0.3) is 11.0 Å². The van der Waals surface area contributed by atoms with E-state index in [2.05, 4.69) is 11.8 Å². The summed E-state index contributed by atoms with van der Waals surface area (Å²) in [6.45, 7) is 5.42. The number of likely N-dealkylation sites (N-methyl/N-ethyl adjacent to an activating group) is 2. The topological polar surface area (TPSA) is 105 Å². The van der Waals surface area contributed by atoms with Crippen molar-refractivity contribution in [1.29, 1.82) is 0 Å². The Morgan fingerprint density at radius 1 is 1.00 bits per heavy atom. The van der Waals surface area contributed by atoms with E-state index in [4.69, 9.17) is 0 Å². The Labute approximate surface area is 175 Å². The molecule has 0 N–H and O–H groups in total. The first-order valence-electron chi connectivity index (χ1n) is 9.74. The molecule has 0 radical (unpaired) electrons. The molecule has 1 aromatic carbocycles. The highest BCUT2D eigenvalue weighted by molar-refractivity contribution is 7.89. The zero-order chi connectivity index (χ0) is 22.2. The van der Waals surface area contributed by atoms with Crippen molar-refractivity contribution in [3.05, 3.63) is 38.9 Å². The summed E-state index contributed by atoms with van der Waals surface area (Å²) in [5.41, 5.74) is -0.673. The summed E-state index contributed by atoms with van der Waals surface area (Å²) in [4.78, 5) is 40.5. The minimum absolute atomic E-state index is 0.0465. The molecule has 10 nitrogen and oxygen atoms in total. The second-order valence-electron chi connectivity index (χ2n) is 7.45. The quantitative estimate of drug-likeness (QED) is 0.557. The van der Waals surface area contributed by atoms with Crippen LogP contribution in [0.5, 0.6) is 0 Å². The van der Waals surface area contributed by atoms with Crippen LogP contribution in [0.3, 0.4) is 0 Å². The van der Waals surface area contributed by atoms with Gasteiger partial charge < -0.3 is 18.9 Å². The van der Waals surface area contributed by atoms with Gasteiger partial charge in [-0.05, 0) is 24.7 Å². The first-order chi connectivity index (χ1) is 14.1. The van der Waals surface area contributed by atoms with Gasteiger partial charge in [-0.15, -0.1) is 0 Å². The molecule has 1 fully saturated rings. The Morgan fingerprint density at radius 3 is 2.13 bits per heavy atom. The molecule has 1 amide bonds. The van der Waals surface area contributed by atoms with E-state index >= 15 is 0 Å². The zero-order valence-electron chi connectivity index (χ0n) is 17.7. The number of carbonyl (C=O) groups excluding carboxylic acids is 1. The van der Waals surface area contributed by atoms with Crippen LogP contribution in [-0.2, 0) is 28.9 Å². The van der Waals surface area contributed by atoms with Crippen molar-refractivity contribution in [2.75, 3.05) is 46.3 Å². The van der Waals surface area contributed by atoms with Gasteiger partial charge in [0.2, 0.25) is 15.9 Å². The minimum Gasteiger partial charge on any atom is -0.339 e. The maximum absolute atomic E-state index is 13.0. The number of amides is 1. The Balaban J connectivity index is 1.86. The van der Waals surface area contributed by atoms with E-state index in [1.807, 2.05) is 0 Å². The highest BCUT2D eigenvalue weighted by Crippen LogP contribution is 2.20. The lowest BCUT2D eigenvalue weighted by Crippen LogP contribution is -2.51. The predicted octanol–water partition coefficient (Wildman–Crippen LogP) is -0.978. The average Bonchev–Trinajstić information content (AvgIpc) is 2.75. The first kappa shape index (κ1) is 22.2. The van der Waals surface area contributed by atoms with Crippen LogP contribution in [0.1, 0.15) is 6.92 Å². The fraction of sp³-hybridized carbons (Fsp3) is 0.526. The van der Waals surface area contributed by atoms with E-state index in [9.17, 15) is 22.8 Å². The summed E-state index contributed by atoms with van der Waals surface area (Å²) in [5.74, 6) is -0.243. The van der Waals surface area contributed by atoms with E-state index in [1.165, 1.54) is 43.9 Å². The molecule has 30 heavy (non-hydrogen) atoms. The summed E-state index contributed by atoms with van der Waals surface area (Å²) in [7, 11) is 0.285. The second kappa shape index (κ2) is 8.32. The fourth-order valence-corrected chi connectivity index (χ4v) is 4.73. The monoisotopic (exact) mass is 437 g/mol. The van der Waals surface area contributed by atoms with Crippen molar-refractivity contribution in [3.8, 4) is 0 Å². The van der Waals surface area contributed by atoms with Crippen molar-refractivity contribution in [2.45, 2.75) is 11.8 Å². The number of carbonyl (C=O) groups is 1. The number of hydrogen-bond acceptors (Lipinski definition) is 6. The molecule has 2 aromatic rings. The van der Waals surface area contributed by atoms with Crippen molar-refractivity contribution < 1.29 is 13.2 Å². The lowest BCUT2D eigenvalue weighted by molar-refractivity contribution is -0.132. The molecule has 0 aliphatic carbocycles. The number of aryl methyl sites for hydroxylation is 2.